The molecular weight excluding hydrogens is 280 g/mol. The van der Waals surface area contributed by atoms with Crippen molar-refractivity contribution in [3.63, 3.8) is 0 Å². The van der Waals surface area contributed by atoms with Crippen molar-refractivity contribution in [2.75, 3.05) is 0 Å². The summed E-state index contributed by atoms with van der Waals surface area (Å²) in [5.41, 5.74) is 2.37. The first-order valence-electron chi connectivity index (χ1n) is 7.80. The number of carboxylic acids is 1. The molecule has 1 N–H and O–H groups in total. The lowest BCUT2D eigenvalue weighted by atomic mass is 9.93. The molecule has 3 rings (SSSR count). The quantitative estimate of drug-likeness (QED) is 0.870. The van der Waals surface area contributed by atoms with Crippen LogP contribution in [0.25, 0.3) is 0 Å². The van der Waals surface area contributed by atoms with Crippen molar-refractivity contribution in [1.29, 1.82) is 0 Å². The van der Waals surface area contributed by atoms with Crippen LogP contribution in [-0.4, -0.2) is 22.6 Å². The van der Waals surface area contributed by atoms with Gasteiger partial charge in [0.15, 0.2) is 0 Å². The van der Waals surface area contributed by atoms with Gasteiger partial charge < -0.3 is 9.84 Å². The number of hydrogen-bond donors (Lipinski definition) is 1. The van der Waals surface area contributed by atoms with Gasteiger partial charge >= 0.3 is 11.9 Å². The number of benzene rings is 1. The Kier molecular flexibility index (Phi) is 3.31. The Hall–Kier alpha value is -1.84. The van der Waals surface area contributed by atoms with Crippen molar-refractivity contribution < 1.29 is 19.4 Å². The molecule has 0 heterocycles. The van der Waals surface area contributed by atoms with Crippen molar-refractivity contribution >= 4 is 11.9 Å². The average molecular weight is 302 g/mol. The van der Waals surface area contributed by atoms with E-state index in [1.54, 1.807) is 12.1 Å². The summed E-state index contributed by atoms with van der Waals surface area (Å²) in [6, 6.07) is 5.41. The molecule has 1 fully saturated rings. The van der Waals surface area contributed by atoms with Crippen LogP contribution in [0.4, 0.5) is 0 Å². The van der Waals surface area contributed by atoms with E-state index >= 15 is 0 Å². The van der Waals surface area contributed by atoms with Crippen molar-refractivity contribution in [3.05, 3.63) is 34.9 Å². The number of ether oxygens (including phenoxy) is 1. The SMILES string of the molecule is CC(C)(C)OC(=O)CC1CC12CCc1cc(C(=O)O)ccc12. The van der Waals surface area contributed by atoms with Gasteiger partial charge in [-0.15, -0.1) is 0 Å². The number of fused-ring (bicyclic) bond motifs is 2. The summed E-state index contributed by atoms with van der Waals surface area (Å²) in [6.45, 7) is 5.64. The van der Waals surface area contributed by atoms with Crippen LogP contribution in [0, 0.1) is 5.92 Å². The summed E-state index contributed by atoms with van der Waals surface area (Å²) < 4.78 is 5.41. The molecule has 0 aromatic heterocycles. The number of esters is 1. The van der Waals surface area contributed by atoms with Crippen LogP contribution in [-0.2, 0) is 21.4 Å². The van der Waals surface area contributed by atoms with Gasteiger partial charge in [0.2, 0.25) is 0 Å². The summed E-state index contributed by atoms with van der Waals surface area (Å²) in [5, 5.41) is 9.08. The van der Waals surface area contributed by atoms with Crippen molar-refractivity contribution in [2.24, 2.45) is 5.92 Å². The maximum atomic E-state index is 12.0. The number of rotatable bonds is 3. The van der Waals surface area contributed by atoms with Crippen molar-refractivity contribution in [1.82, 2.24) is 0 Å². The molecule has 0 saturated heterocycles. The molecule has 118 valence electrons. The molecule has 2 aliphatic rings. The van der Waals surface area contributed by atoms with Gasteiger partial charge in [-0.3, -0.25) is 4.79 Å². The zero-order chi connectivity index (χ0) is 16.1. The third-order valence-electron chi connectivity index (χ3n) is 4.79. The molecule has 1 aromatic carbocycles. The minimum absolute atomic E-state index is 0.0866. The maximum absolute atomic E-state index is 12.0. The second-order valence-electron chi connectivity index (χ2n) is 7.52. The fourth-order valence-corrected chi connectivity index (χ4v) is 3.78. The Balaban J connectivity index is 1.72. The van der Waals surface area contributed by atoms with E-state index in [-0.39, 0.29) is 11.4 Å². The summed E-state index contributed by atoms with van der Waals surface area (Å²) in [6.07, 6.45) is 3.38. The summed E-state index contributed by atoms with van der Waals surface area (Å²) in [7, 11) is 0. The number of carbonyl (C=O) groups is 2. The second-order valence-corrected chi connectivity index (χ2v) is 7.52. The molecular formula is C18H22O4. The molecule has 2 aliphatic carbocycles. The Bertz CT molecular complexity index is 641. The van der Waals surface area contributed by atoms with E-state index in [0.29, 0.717) is 17.9 Å². The van der Waals surface area contributed by atoms with Crippen molar-refractivity contribution in [2.45, 2.75) is 57.5 Å². The highest BCUT2D eigenvalue weighted by atomic mass is 16.6. The number of aromatic carboxylic acids is 1. The predicted octanol–water partition coefficient (Wildman–Crippen LogP) is 3.32. The van der Waals surface area contributed by atoms with Crippen LogP contribution < -0.4 is 0 Å². The number of carbonyl (C=O) groups excluding carboxylic acids is 1. The van der Waals surface area contributed by atoms with Crippen LogP contribution in [0.15, 0.2) is 18.2 Å². The summed E-state index contributed by atoms with van der Waals surface area (Å²) >= 11 is 0. The van der Waals surface area contributed by atoms with Gasteiger partial charge in [0, 0.05) is 6.42 Å². The zero-order valence-corrected chi connectivity index (χ0v) is 13.3. The molecule has 2 atom stereocenters. The molecule has 1 aromatic rings. The topological polar surface area (TPSA) is 63.6 Å². The molecule has 0 aliphatic heterocycles. The highest BCUT2D eigenvalue weighted by Gasteiger charge is 2.58. The highest BCUT2D eigenvalue weighted by molar-refractivity contribution is 5.88. The summed E-state index contributed by atoms with van der Waals surface area (Å²) in [5.74, 6) is -0.686. The van der Waals surface area contributed by atoms with E-state index in [0.717, 1.165) is 24.8 Å². The molecule has 4 heteroatoms. The van der Waals surface area contributed by atoms with Crippen LogP contribution >= 0.6 is 0 Å². The Labute approximate surface area is 130 Å². The fourth-order valence-electron chi connectivity index (χ4n) is 3.78. The lowest BCUT2D eigenvalue weighted by Gasteiger charge is -2.20. The first-order valence-corrected chi connectivity index (χ1v) is 7.80. The minimum atomic E-state index is -0.884. The van der Waals surface area contributed by atoms with Gasteiger partial charge in [-0.2, -0.15) is 0 Å². The van der Waals surface area contributed by atoms with E-state index in [4.69, 9.17) is 9.84 Å². The molecule has 0 amide bonds. The fraction of sp³-hybridized carbons (Fsp3) is 0.556. The monoisotopic (exact) mass is 302 g/mol. The predicted molar refractivity (Wildman–Crippen MR) is 82.0 cm³/mol. The zero-order valence-electron chi connectivity index (χ0n) is 13.3. The van der Waals surface area contributed by atoms with Crippen LogP contribution in [0.5, 0.6) is 0 Å². The van der Waals surface area contributed by atoms with E-state index in [2.05, 4.69) is 0 Å². The maximum Gasteiger partial charge on any atom is 0.335 e. The number of carboxylic acid groups (broad SMARTS) is 1. The smallest absolute Gasteiger partial charge is 0.335 e. The van der Waals surface area contributed by atoms with Gasteiger partial charge in [0.25, 0.3) is 0 Å². The first-order chi connectivity index (χ1) is 10.2. The van der Waals surface area contributed by atoms with Crippen LogP contribution in [0.2, 0.25) is 0 Å². The molecule has 2 unspecified atom stereocenters. The number of aryl methyl sites for hydroxylation is 1. The largest absolute Gasteiger partial charge is 0.478 e. The Morgan fingerprint density at radius 2 is 2.09 bits per heavy atom. The van der Waals surface area contributed by atoms with Crippen LogP contribution in [0.1, 0.15) is 61.5 Å². The van der Waals surface area contributed by atoms with Gasteiger partial charge in [-0.05, 0) is 74.6 Å². The molecule has 0 radical (unpaired) electrons. The standard InChI is InChI=1S/C18H22O4/c1-17(2,3)22-15(19)9-13-10-18(13)7-6-11-8-12(16(20)21)4-5-14(11)18/h4-5,8,13H,6-7,9-10H2,1-3H3,(H,20,21). The average Bonchev–Trinajstić information content (AvgIpc) is 2.93. The van der Waals surface area contributed by atoms with Gasteiger partial charge in [0.05, 0.1) is 5.56 Å². The third kappa shape index (κ3) is 2.62. The Morgan fingerprint density at radius 3 is 2.73 bits per heavy atom. The van der Waals surface area contributed by atoms with E-state index in [9.17, 15) is 9.59 Å². The van der Waals surface area contributed by atoms with Gasteiger partial charge in [0.1, 0.15) is 5.60 Å². The second kappa shape index (κ2) is 4.83. The van der Waals surface area contributed by atoms with Crippen LogP contribution in [0.3, 0.4) is 0 Å². The van der Waals surface area contributed by atoms with Crippen molar-refractivity contribution in [3.8, 4) is 0 Å². The minimum Gasteiger partial charge on any atom is -0.478 e. The van der Waals surface area contributed by atoms with E-state index in [1.807, 2.05) is 26.8 Å². The molecule has 0 bridgehead atoms. The number of hydrogen-bond acceptors (Lipinski definition) is 3. The van der Waals surface area contributed by atoms with Gasteiger partial charge in [-0.1, -0.05) is 6.07 Å². The molecule has 1 saturated carbocycles. The molecule has 4 nitrogen and oxygen atoms in total. The molecule has 22 heavy (non-hydrogen) atoms. The van der Waals surface area contributed by atoms with Gasteiger partial charge in [-0.25, -0.2) is 4.79 Å². The first kappa shape index (κ1) is 15.1. The molecule has 1 spiro atoms. The third-order valence-corrected chi connectivity index (χ3v) is 4.79. The normalized spacial score (nSPS) is 25.9. The van der Waals surface area contributed by atoms with E-state index in [1.165, 1.54) is 5.56 Å². The highest BCUT2D eigenvalue weighted by Crippen LogP contribution is 2.62. The Morgan fingerprint density at radius 1 is 1.36 bits per heavy atom. The van der Waals surface area contributed by atoms with E-state index < -0.39 is 11.6 Å². The lowest BCUT2D eigenvalue weighted by Crippen LogP contribution is -2.24. The lowest BCUT2D eigenvalue weighted by molar-refractivity contribution is -0.155. The summed E-state index contributed by atoms with van der Waals surface area (Å²) in [4.78, 5) is 23.1.